The van der Waals surface area contributed by atoms with Crippen LogP contribution in [-0.2, 0) is 15.0 Å². The number of rotatable bonds is 6. The lowest BCUT2D eigenvalue weighted by atomic mass is 10.1. The van der Waals surface area contributed by atoms with Crippen molar-refractivity contribution in [3.63, 3.8) is 0 Å². The van der Waals surface area contributed by atoms with Gasteiger partial charge in [0.1, 0.15) is 6.04 Å². The first-order valence-corrected chi connectivity index (χ1v) is 8.72. The van der Waals surface area contributed by atoms with Crippen LogP contribution in [0.5, 0.6) is 0 Å². The maximum absolute atomic E-state index is 12.1. The lowest BCUT2D eigenvalue weighted by molar-refractivity contribution is -0.142. The van der Waals surface area contributed by atoms with E-state index in [1.807, 2.05) is 6.26 Å². The molecule has 6 nitrogen and oxygen atoms in total. The van der Waals surface area contributed by atoms with E-state index in [2.05, 4.69) is 4.72 Å². The predicted octanol–water partition coefficient (Wildman–Crippen LogP) is 0.511. The first-order valence-electron chi connectivity index (χ1n) is 5.89. The second-order valence-corrected chi connectivity index (χ2v) is 7.01. The van der Waals surface area contributed by atoms with E-state index >= 15 is 0 Å². The number of hydrogen-bond acceptors (Lipinski definition) is 4. The largest absolute Gasteiger partial charge is 0.480 e. The van der Waals surface area contributed by atoms with Crippen LogP contribution in [0.15, 0.2) is 0 Å². The van der Waals surface area contributed by atoms with Crippen molar-refractivity contribution in [2.45, 2.75) is 38.3 Å². The van der Waals surface area contributed by atoms with Crippen LogP contribution in [0.3, 0.4) is 0 Å². The van der Waals surface area contributed by atoms with E-state index in [1.165, 1.54) is 0 Å². The van der Waals surface area contributed by atoms with Crippen LogP contribution in [0.25, 0.3) is 0 Å². The van der Waals surface area contributed by atoms with Crippen LogP contribution in [-0.4, -0.2) is 54.4 Å². The summed E-state index contributed by atoms with van der Waals surface area (Å²) in [7, 11) is -3.71. The van der Waals surface area contributed by atoms with Crippen molar-refractivity contribution in [3.05, 3.63) is 0 Å². The summed E-state index contributed by atoms with van der Waals surface area (Å²) in [6, 6.07) is -1.14. The SMILES string of the molecule is CSCC(C)NS(=O)(=O)N1CCCCC1C(=O)O. The number of piperidine rings is 1. The molecule has 1 rings (SSSR count). The van der Waals surface area contributed by atoms with Crippen molar-refractivity contribution in [2.75, 3.05) is 18.6 Å². The average molecular weight is 296 g/mol. The van der Waals surface area contributed by atoms with Crippen LogP contribution in [0.4, 0.5) is 0 Å². The maximum Gasteiger partial charge on any atom is 0.322 e. The van der Waals surface area contributed by atoms with Crippen molar-refractivity contribution in [1.82, 2.24) is 9.03 Å². The summed E-state index contributed by atoms with van der Waals surface area (Å²) in [5, 5.41) is 9.07. The van der Waals surface area contributed by atoms with Gasteiger partial charge in [0.25, 0.3) is 10.2 Å². The molecule has 1 heterocycles. The van der Waals surface area contributed by atoms with E-state index in [1.54, 1.807) is 18.7 Å². The van der Waals surface area contributed by atoms with Gasteiger partial charge in [0.15, 0.2) is 0 Å². The molecule has 18 heavy (non-hydrogen) atoms. The minimum Gasteiger partial charge on any atom is -0.480 e. The van der Waals surface area contributed by atoms with Crippen LogP contribution in [0, 0.1) is 0 Å². The van der Waals surface area contributed by atoms with Crippen molar-refractivity contribution < 1.29 is 18.3 Å². The molecule has 0 aliphatic carbocycles. The fourth-order valence-corrected chi connectivity index (χ4v) is 4.36. The molecule has 0 saturated carbocycles. The molecule has 0 amide bonds. The smallest absolute Gasteiger partial charge is 0.322 e. The van der Waals surface area contributed by atoms with Gasteiger partial charge in [-0.3, -0.25) is 4.79 Å². The highest BCUT2D eigenvalue weighted by Crippen LogP contribution is 2.20. The Morgan fingerprint density at radius 3 is 2.78 bits per heavy atom. The molecule has 1 fully saturated rings. The van der Waals surface area contributed by atoms with Crippen LogP contribution in [0.2, 0.25) is 0 Å². The summed E-state index contributed by atoms with van der Waals surface area (Å²) < 4.78 is 27.9. The van der Waals surface area contributed by atoms with Gasteiger partial charge in [-0.25, -0.2) is 0 Å². The molecule has 1 aliphatic heterocycles. The molecule has 0 bridgehead atoms. The van der Waals surface area contributed by atoms with Gasteiger partial charge in [0.2, 0.25) is 0 Å². The first-order chi connectivity index (χ1) is 8.38. The molecule has 2 unspecified atom stereocenters. The molecule has 0 aromatic carbocycles. The molecule has 2 atom stereocenters. The third kappa shape index (κ3) is 4.11. The Hall–Kier alpha value is -0.310. The molecule has 0 aromatic heterocycles. The molecule has 8 heteroatoms. The minimum atomic E-state index is -3.71. The number of aliphatic carboxylic acids is 1. The summed E-state index contributed by atoms with van der Waals surface area (Å²) in [6.07, 6.45) is 3.74. The average Bonchev–Trinajstić information content (AvgIpc) is 2.28. The molecule has 0 aromatic rings. The zero-order chi connectivity index (χ0) is 13.8. The molecule has 1 saturated heterocycles. The Kier molecular flexibility index (Phi) is 5.90. The number of nitrogens with zero attached hydrogens (tertiary/aromatic N) is 1. The number of thioether (sulfide) groups is 1. The third-order valence-electron chi connectivity index (χ3n) is 2.81. The lowest BCUT2D eigenvalue weighted by Gasteiger charge is -2.32. The molecule has 0 spiro atoms. The van der Waals surface area contributed by atoms with E-state index in [4.69, 9.17) is 5.11 Å². The highest BCUT2D eigenvalue weighted by Gasteiger charge is 2.37. The lowest BCUT2D eigenvalue weighted by Crippen LogP contribution is -2.54. The molecular formula is C10H20N2O4S2. The second-order valence-electron chi connectivity index (χ2n) is 4.44. The Balaban J connectivity index is 2.78. The van der Waals surface area contributed by atoms with E-state index < -0.39 is 22.2 Å². The Labute approximate surface area is 112 Å². The van der Waals surface area contributed by atoms with E-state index in [0.717, 1.165) is 10.7 Å². The molecule has 2 N–H and O–H groups in total. The summed E-state index contributed by atoms with van der Waals surface area (Å²) in [6.45, 7) is 2.05. The highest BCUT2D eigenvalue weighted by atomic mass is 32.2. The van der Waals surface area contributed by atoms with Crippen molar-refractivity contribution >= 4 is 27.9 Å². The van der Waals surface area contributed by atoms with Crippen molar-refractivity contribution in [3.8, 4) is 0 Å². The Morgan fingerprint density at radius 2 is 2.22 bits per heavy atom. The van der Waals surface area contributed by atoms with Crippen molar-refractivity contribution in [1.29, 1.82) is 0 Å². The third-order valence-corrected chi connectivity index (χ3v) is 5.40. The van der Waals surface area contributed by atoms with Gasteiger partial charge in [-0.05, 0) is 32.4 Å². The number of hydrogen-bond donors (Lipinski definition) is 2. The highest BCUT2D eigenvalue weighted by molar-refractivity contribution is 7.98. The Morgan fingerprint density at radius 1 is 1.56 bits per heavy atom. The zero-order valence-electron chi connectivity index (χ0n) is 10.6. The summed E-state index contributed by atoms with van der Waals surface area (Å²) in [5.74, 6) is -0.414. The number of carboxylic acids is 1. The maximum atomic E-state index is 12.1. The number of carboxylic acid groups (broad SMARTS) is 1. The fraction of sp³-hybridized carbons (Fsp3) is 0.900. The van der Waals surface area contributed by atoms with Crippen LogP contribution < -0.4 is 4.72 Å². The van der Waals surface area contributed by atoms with Gasteiger partial charge in [0.05, 0.1) is 0 Å². The monoisotopic (exact) mass is 296 g/mol. The predicted molar refractivity (Wildman–Crippen MR) is 71.9 cm³/mol. The fourth-order valence-electron chi connectivity index (χ4n) is 2.05. The van der Waals surface area contributed by atoms with E-state index in [-0.39, 0.29) is 12.6 Å². The van der Waals surface area contributed by atoms with Gasteiger partial charge in [-0.2, -0.15) is 29.2 Å². The van der Waals surface area contributed by atoms with Crippen molar-refractivity contribution in [2.24, 2.45) is 0 Å². The molecule has 0 radical (unpaired) electrons. The zero-order valence-corrected chi connectivity index (χ0v) is 12.3. The van der Waals surface area contributed by atoms with E-state index in [9.17, 15) is 13.2 Å². The standard InChI is InChI=1S/C10H20N2O4S2/c1-8(7-17-2)11-18(15,16)12-6-4-3-5-9(12)10(13)14/h8-9,11H,3-7H2,1-2H3,(H,13,14). The Bertz CT molecular complexity index is 385. The summed E-state index contributed by atoms with van der Waals surface area (Å²) in [5.41, 5.74) is 0. The molecule has 1 aliphatic rings. The van der Waals surface area contributed by atoms with E-state index in [0.29, 0.717) is 18.6 Å². The number of nitrogens with one attached hydrogen (secondary N) is 1. The first kappa shape index (κ1) is 15.7. The van der Waals surface area contributed by atoms with Crippen LogP contribution in [0.1, 0.15) is 26.2 Å². The normalized spacial score (nSPS) is 23.8. The summed E-state index contributed by atoms with van der Waals surface area (Å²) >= 11 is 1.54. The topological polar surface area (TPSA) is 86.7 Å². The number of carbonyl (C=O) groups is 1. The van der Waals surface area contributed by atoms with Crippen LogP contribution >= 0.6 is 11.8 Å². The van der Waals surface area contributed by atoms with Gasteiger partial charge in [-0.1, -0.05) is 0 Å². The quantitative estimate of drug-likeness (QED) is 0.746. The van der Waals surface area contributed by atoms with Gasteiger partial charge >= 0.3 is 5.97 Å². The van der Waals surface area contributed by atoms with Gasteiger partial charge in [0, 0.05) is 18.3 Å². The minimum absolute atomic E-state index is 0.207. The molecule has 106 valence electrons. The van der Waals surface area contributed by atoms with Gasteiger partial charge < -0.3 is 5.11 Å². The summed E-state index contributed by atoms with van der Waals surface area (Å²) in [4.78, 5) is 11.1. The second kappa shape index (κ2) is 6.74. The molecular weight excluding hydrogens is 276 g/mol. The van der Waals surface area contributed by atoms with Gasteiger partial charge in [-0.15, -0.1) is 0 Å².